The molecular formula is C26H22O9. The molecule has 0 radical (unpaired) electrons. The quantitative estimate of drug-likeness (QED) is 0.387. The maximum Gasteiger partial charge on any atom is 0.347 e. The molecule has 4 N–H and O–H groups in total. The average molecular weight is 478 g/mol. The zero-order valence-electron chi connectivity index (χ0n) is 18.8. The van der Waals surface area contributed by atoms with E-state index in [-0.39, 0.29) is 57.8 Å². The topological polar surface area (TPSA) is 147 Å². The molecule has 0 aliphatic carbocycles. The third kappa shape index (κ3) is 4.62. The summed E-state index contributed by atoms with van der Waals surface area (Å²) >= 11 is 0. The molecule has 180 valence electrons. The highest BCUT2D eigenvalue weighted by Crippen LogP contribution is 2.46. The maximum absolute atomic E-state index is 13.0. The summed E-state index contributed by atoms with van der Waals surface area (Å²) in [4.78, 5) is 25.1. The standard InChI is InChI=1S/C26H22O9/c1-14(27)13-26(33-2)18(9-16-5-8-20(29)22(31)11-16)24-23(35-26)12-17(34-25(24)32)6-3-15-4-7-19(28)21(30)10-15/h3-12,28-31H,13H2,1-2H3/t26-/m1/s1. The van der Waals surface area contributed by atoms with Gasteiger partial charge in [0.25, 0.3) is 0 Å². The van der Waals surface area contributed by atoms with Crippen molar-refractivity contribution in [2.45, 2.75) is 19.1 Å². The molecular weight excluding hydrogens is 456 g/mol. The molecule has 3 aromatic rings. The van der Waals surface area contributed by atoms with Gasteiger partial charge < -0.3 is 34.3 Å². The Morgan fingerprint density at radius 1 is 0.943 bits per heavy atom. The first-order valence-electron chi connectivity index (χ1n) is 10.5. The molecule has 0 fully saturated rings. The fraction of sp³-hybridized carbons (Fsp3) is 0.154. The summed E-state index contributed by atoms with van der Waals surface area (Å²) < 4.78 is 17.1. The highest BCUT2D eigenvalue weighted by Gasteiger charge is 2.48. The number of phenolic OH excluding ortho intramolecular Hbond substituents is 4. The van der Waals surface area contributed by atoms with Gasteiger partial charge in [-0.3, -0.25) is 4.79 Å². The molecule has 0 saturated carbocycles. The SMILES string of the molecule is CO[C@]1(CC(C)=O)Oc2cc(C=Cc3ccc(O)c(O)c3)oc(=O)c2C1=Cc1ccc(O)c(O)c1. The van der Waals surface area contributed by atoms with Gasteiger partial charge in [0.05, 0.1) is 6.42 Å². The van der Waals surface area contributed by atoms with Crippen molar-refractivity contribution in [2.75, 3.05) is 7.11 Å². The minimum atomic E-state index is -1.61. The van der Waals surface area contributed by atoms with Crippen LogP contribution in [0.2, 0.25) is 0 Å². The molecule has 2 heterocycles. The van der Waals surface area contributed by atoms with Crippen molar-refractivity contribution in [3.8, 4) is 28.7 Å². The van der Waals surface area contributed by atoms with Gasteiger partial charge in [0.2, 0.25) is 5.79 Å². The largest absolute Gasteiger partial charge is 0.504 e. The van der Waals surface area contributed by atoms with Gasteiger partial charge in [0.1, 0.15) is 22.9 Å². The van der Waals surface area contributed by atoms with Crippen molar-refractivity contribution in [3.05, 3.63) is 75.3 Å². The Kier molecular flexibility index (Phi) is 6.10. The van der Waals surface area contributed by atoms with Gasteiger partial charge in [-0.05, 0) is 54.5 Å². The lowest BCUT2D eigenvalue weighted by atomic mass is 9.94. The smallest absolute Gasteiger partial charge is 0.347 e. The number of rotatable bonds is 6. The molecule has 0 saturated heterocycles. The van der Waals surface area contributed by atoms with E-state index < -0.39 is 11.4 Å². The molecule has 0 bridgehead atoms. The second-order valence-corrected chi connectivity index (χ2v) is 8.00. The number of aromatic hydroxyl groups is 4. The number of carbonyl (C=O) groups is 1. The predicted molar refractivity (Wildman–Crippen MR) is 127 cm³/mol. The summed E-state index contributed by atoms with van der Waals surface area (Å²) in [6.07, 6.45) is 4.36. The normalized spacial score (nSPS) is 18.1. The van der Waals surface area contributed by atoms with E-state index in [1.807, 2.05) is 0 Å². The number of methoxy groups -OCH3 is 1. The summed E-state index contributed by atoms with van der Waals surface area (Å²) in [5.74, 6) is -2.82. The predicted octanol–water partition coefficient (Wildman–Crippen LogP) is 3.89. The number of carbonyl (C=O) groups excluding carboxylic acids is 1. The minimum absolute atomic E-state index is 0.0556. The van der Waals surface area contributed by atoms with Crippen LogP contribution >= 0.6 is 0 Å². The maximum atomic E-state index is 13.0. The van der Waals surface area contributed by atoms with Gasteiger partial charge >= 0.3 is 5.63 Å². The van der Waals surface area contributed by atoms with Crippen LogP contribution in [0, 0.1) is 0 Å². The van der Waals surface area contributed by atoms with E-state index >= 15 is 0 Å². The highest BCUT2D eigenvalue weighted by molar-refractivity contribution is 5.93. The molecule has 9 nitrogen and oxygen atoms in total. The number of phenols is 4. The van der Waals surface area contributed by atoms with Gasteiger partial charge in [-0.15, -0.1) is 0 Å². The minimum Gasteiger partial charge on any atom is -0.504 e. The van der Waals surface area contributed by atoms with Gasteiger partial charge in [0, 0.05) is 18.7 Å². The zero-order chi connectivity index (χ0) is 25.3. The lowest BCUT2D eigenvalue weighted by Gasteiger charge is -2.27. The summed E-state index contributed by atoms with van der Waals surface area (Å²) in [6, 6.07) is 9.78. The van der Waals surface area contributed by atoms with Gasteiger partial charge in [-0.1, -0.05) is 18.2 Å². The van der Waals surface area contributed by atoms with Gasteiger partial charge in [-0.2, -0.15) is 0 Å². The van der Waals surface area contributed by atoms with E-state index in [9.17, 15) is 30.0 Å². The molecule has 1 aliphatic rings. The van der Waals surface area contributed by atoms with Crippen LogP contribution in [0.25, 0.3) is 23.8 Å². The molecule has 2 aromatic carbocycles. The third-order valence-corrected chi connectivity index (χ3v) is 5.45. The van der Waals surface area contributed by atoms with E-state index in [1.54, 1.807) is 12.1 Å². The molecule has 4 rings (SSSR count). The van der Waals surface area contributed by atoms with Crippen molar-refractivity contribution in [3.63, 3.8) is 0 Å². The van der Waals surface area contributed by atoms with Crippen molar-refractivity contribution in [1.29, 1.82) is 0 Å². The van der Waals surface area contributed by atoms with Crippen LogP contribution < -0.4 is 10.4 Å². The van der Waals surface area contributed by atoms with Crippen LogP contribution in [0.4, 0.5) is 0 Å². The first-order valence-corrected chi connectivity index (χ1v) is 10.5. The second kappa shape index (κ2) is 9.03. The number of fused-ring (bicyclic) bond motifs is 1. The summed E-state index contributed by atoms with van der Waals surface area (Å²) in [5.41, 5.74) is 0.502. The van der Waals surface area contributed by atoms with Crippen LogP contribution in [-0.4, -0.2) is 39.1 Å². The monoisotopic (exact) mass is 478 g/mol. The molecule has 1 atom stereocenters. The molecule has 0 amide bonds. The Balaban J connectivity index is 1.81. The Hall–Kier alpha value is -4.50. The average Bonchev–Trinajstić information content (AvgIpc) is 3.10. The van der Waals surface area contributed by atoms with Gasteiger partial charge in [-0.25, -0.2) is 4.79 Å². The number of hydrogen-bond donors (Lipinski definition) is 4. The molecule has 35 heavy (non-hydrogen) atoms. The van der Waals surface area contributed by atoms with Crippen molar-refractivity contribution >= 4 is 29.6 Å². The molecule has 0 unspecified atom stereocenters. The summed E-state index contributed by atoms with van der Waals surface area (Å²) in [5, 5.41) is 38.6. The van der Waals surface area contributed by atoms with Crippen LogP contribution in [-0.2, 0) is 9.53 Å². The van der Waals surface area contributed by atoms with Crippen LogP contribution in [0.15, 0.2) is 51.7 Å². The van der Waals surface area contributed by atoms with E-state index in [1.165, 1.54) is 62.6 Å². The van der Waals surface area contributed by atoms with Crippen LogP contribution in [0.5, 0.6) is 28.7 Å². The molecule has 9 heteroatoms. The highest BCUT2D eigenvalue weighted by atomic mass is 16.7. The first kappa shape index (κ1) is 23.7. The van der Waals surface area contributed by atoms with E-state index in [2.05, 4.69) is 0 Å². The van der Waals surface area contributed by atoms with E-state index in [0.29, 0.717) is 11.1 Å². The second-order valence-electron chi connectivity index (χ2n) is 8.00. The van der Waals surface area contributed by atoms with Crippen molar-refractivity contribution < 1.29 is 39.1 Å². The Morgan fingerprint density at radius 2 is 1.57 bits per heavy atom. The Morgan fingerprint density at radius 3 is 2.17 bits per heavy atom. The lowest BCUT2D eigenvalue weighted by molar-refractivity contribution is -0.138. The summed E-state index contributed by atoms with van der Waals surface area (Å²) in [6.45, 7) is 1.36. The van der Waals surface area contributed by atoms with E-state index in [0.717, 1.165) is 0 Å². The Bertz CT molecular complexity index is 1430. The fourth-order valence-corrected chi connectivity index (χ4v) is 3.80. The van der Waals surface area contributed by atoms with Crippen LogP contribution in [0.3, 0.4) is 0 Å². The van der Waals surface area contributed by atoms with Crippen LogP contribution in [0.1, 0.15) is 35.8 Å². The first-order chi connectivity index (χ1) is 16.6. The lowest BCUT2D eigenvalue weighted by Crippen LogP contribution is -2.38. The van der Waals surface area contributed by atoms with Crippen molar-refractivity contribution in [2.24, 2.45) is 0 Å². The number of benzene rings is 2. The third-order valence-electron chi connectivity index (χ3n) is 5.45. The molecule has 0 spiro atoms. The number of hydrogen-bond acceptors (Lipinski definition) is 9. The van der Waals surface area contributed by atoms with Gasteiger partial charge in [0.15, 0.2) is 23.0 Å². The Labute approximate surface area is 199 Å². The number of Topliss-reactive ketones (excluding diaryl/α,β-unsaturated/α-hetero) is 1. The summed E-state index contributed by atoms with van der Waals surface area (Å²) in [7, 11) is 1.34. The van der Waals surface area contributed by atoms with E-state index in [4.69, 9.17) is 13.9 Å². The molecule has 1 aromatic heterocycles. The van der Waals surface area contributed by atoms with Crippen molar-refractivity contribution in [1.82, 2.24) is 0 Å². The fourth-order valence-electron chi connectivity index (χ4n) is 3.80. The molecule has 1 aliphatic heterocycles. The zero-order valence-corrected chi connectivity index (χ0v) is 18.8. The number of ketones is 1. The number of ether oxygens (including phenoxy) is 2.